The standard InChI is InChI=1S/C2H6IN3.Cs.Pb.3H/c1-6(3)2(4)5;;;;;/h1H3,(H3,4,5);;;;;. The molecule has 0 spiro atoms. The van der Waals surface area contributed by atoms with E-state index in [-0.39, 0.29) is 102 Å². The van der Waals surface area contributed by atoms with Gasteiger partial charge in [0.1, 0.15) is 0 Å². The molecule has 0 aliphatic carbocycles. The van der Waals surface area contributed by atoms with Gasteiger partial charge in [0, 0.05) is 7.05 Å². The van der Waals surface area contributed by atoms with Crippen LogP contribution in [0.3, 0.4) is 0 Å². The van der Waals surface area contributed by atoms with Crippen LogP contribution in [-0.2, 0) is 0 Å². The van der Waals surface area contributed by atoms with E-state index in [9.17, 15) is 0 Å². The van der Waals surface area contributed by atoms with Gasteiger partial charge in [0.25, 0.3) is 0 Å². The summed E-state index contributed by atoms with van der Waals surface area (Å²) >= 11 is 1.92. The van der Waals surface area contributed by atoms with Crippen molar-refractivity contribution in [3.8, 4) is 0 Å². The summed E-state index contributed by atoms with van der Waals surface area (Å²) in [5.41, 5.74) is 4.94. The molecule has 44 valence electrons. The Morgan fingerprint density at radius 2 is 1.88 bits per heavy atom. The molecular weight excluding hydrogens is 533 g/mol. The van der Waals surface area contributed by atoms with Crippen molar-refractivity contribution in [3.63, 3.8) is 0 Å². The van der Waals surface area contributed by atoms with E-state index in [1.165, 1.54) is 3.11 Å². The van der Waals surface area contributed by atoms with E-state index < -0.39 is 0 Å². The monoisotopic (exact) mass is 543 g/mol. The summed E-state index contributed by atoms with van der Waals surface area (Å²) in [5, 5.41) is 6.65. The van der Waals surface area contributed by atoms with Gasteiger partial charge in [-0.3, -0.25) is 8.52 Å². The number of hydrogen-bond acceptors (Lipinski definition) is 1. The third kappa shape index (κ3) is 11.7. The predicted octanol–water partition coefficient (Wildman–Crippen LogP) is -1.40. The van der Waals surface area contributed by atoms with Crippen molar-refractivity contribution in [2.24, 2.45) is 5.73 Å². The van der Waals surface area contributed by atoms with Gasteiger partial charge < -0.3 is 5.73 Å². The van der Waals surface area contributed by atoms with Crippen LogP contribution in [0, 0.1) is 5.41 Å². The Labute approximate surface area is 142 Å². The van der Waals surface area contributed by atoms with Crippen LogP contribution in [0.15, 0.2) is 0 Å². The van der Waals surface area contributed by atoms with Crippen LogP contribution in [-0.4, -0.2) is 112 Å². The van der Waals surface area contributed by atoms with Gasteiger partial charge in [0.15, 0.2) is 5.96 Å². The Morgan fingerprint density at radius 3 is 1.88 bits per heavy atom. The van der Waals surface area contributed by atoms with Crippen molar-refractivity contribution in [2.45, 2.75) is 0 Å². The van der Waals surface area contributed by atoms with Crippen LogP contribution in [0.5, 0.6) is 0 Å². The van der Waals surface area contributed by atoms with Crippen LogP contribution in [0.1, 0.15) is 0 Å². The quantitative estimate of drug-likeness (QED) is 0.130. The molecule has 0 aromatic heterocycles. The molecule has 0 fully saturated rings. The fourth-order valence-electron chi connectivity index (χ4n) is 0. The Kier molecular flexibility index (Phi) is 21.4. The first-order valence-electron chi connectivity index (χ1n) is 1.38. The van der Waals surface area contributed by atoms with Crippen LogP contribution < -0.4 is 5.73 Å². The Hall–Kier alpha value is 2.97. The van der Waals surface area contributed by atoms with Gasteiger partial charge in [0.05, 0.1) is 22.9 Å². The molecule has 0 aliphatic heterocycles. The molecule has 0 heterocycles. The molecule has 0 aliphatic rings. The molecule has 0 unspecified atom stereocenters. The van der Waals surface area contributed by atoms with Crippen LogP contribution in [0.25, 0.3) is 0 Å². The molecule has 0 bridgehead atoms. The van der Waals surface area contributed by atoms with Gasteiger partial charge in [-0.2, -0.15) is 0 Å². The second kappa shape index (κ2) is 9.97. The average Bonchev–Trinajstić information content (AvgIpc) is 1.36. The third-order valence-electron chi connectivity index (χ3n) is 0.332. The summed E-state index contributed by atoms with van der Waals surface area (Å²) in [5.74, 6) is 0.0793. The number of hydrogen-bond donors (Lipinski definition) is 2. The summed E-state index contributed by atoms with van der Waals surface area (Å²) < 4.78 is 1.50. The van der Waals surface area contributed by atoms with Crippen LogP contribution in [0.2, 0.25) is 0 Å². The molecule has 0 amide bonds. The number of halogens is 1. The van der Waals surface area contributed by atoms with Crippen molar-refractivity contribution >= 4 is 125 Å². The Morgan fingerprint density at radius 1 is 1.75 bits per heavy atom. The number of nitrogens with one attached hydrogen (secondary N) is 1. The number of guanidine groups is 1. The first kappa shape index (κ1) is 17.2. The van der Waals surface area contributed by atoms with Gasteiger partial charge >= 0.3 is 96.2 Å². The van der Waals surface area contributed by atoms with E-state index in [2.05, 4.69) is 0 Å². The van der Waals surface area contributed by atoms with Crippen molar-refractivity contribution in [1.29, 1.82) is 5.41 Å². The molecule has 0 rings (SSSR count). The predicted molar refractivity (Wildman–Crippen MR) is 49.4 cm³/mol. The van der Waals surface area contributed by atoms with Crippen LogP contribution >= 0.6 is 22.9 Å². The van der Waals surface area contributed by atoms with Crippen molar-refractivity contribution in [1.82, 2.24) is 3.11 Å². The molecule has 0 saturated carbocycles. The molecular formula is C2H9CsIN3Pb. The summed E-state index contributed by atoms with van der Waals surface area (Å²) in [6.45, 7) is 0. The van der Waals surface area contributed by atoms with E-state index in [0.29, 0.717) is 0 Å². The molecule has 6 heteroatoms. The van der Waals surface area contributed by atoms with Gasteiger partial charge in [-0.1, -0.05) is 0 Å². The molecule has 8 heavy (non-hydrogen) atoms. The van der Waals surface area contributed by atoms with Crippen molar-refractivity contribution in [3.05, 3.63) is 0 Å². The first-order valence-corrected chi connectivity index (χ1v) is 2.34. The van der Waals surface area contributed by atoms with Crippen molar-refractivity contribution in [2.75, 3.05) is 7.05 Å². The van der Waals surface area contributed by atoms with E-state index >= 15 is 0 Å². The fraction of sp³-hybridized carbons (Fsp3) is 0.500. The summed E-state index contributed by atoms with van der Waals surface area (Å²) in [4.78, 5) is 0. The second-order valence-electron chi connectivity index (χ2n) is 0.862. The Bertz CT molecular complexity index is 68.3. The molecule has 0 aromatic rings. The molecule has 2 radical (unpaired) electrons. The first-order chi connectivity index (χ1) is 2.64. The number of nitrogens with zero attached hydrogens (tertiary/aromatic N) is 1. The fourth-order valence-corrected chi connectivity index (χ4v) is 0. The summed E-state index contributed by atoms with van der Waals surface area (Å²) in [6.07, 6.45) is 0. The third-order valence-corrected chi connectivity index (χ3v) is 0.852. The van der Waals surface area contributed by atoms with E-state index in [0.717, 1.165) is 0 Å². The van der Waals surface area contributed by atoms with E-state index in [1.807, 2.05) is 22.9 Å². The second-order valence-corrected chi connectivity index (χ2v) is 2.31. The normalized spacial score (nSPS) is 5.75. The number of rotatable bonds is 0. The summed E-state index contributed by atoms with van der Waals surface area (Å²) in [6, 6.07) is 0. The minimum absolute atomic E-state index is 0. The van der Waals surface area contributed by atoms with Crippen molar-refractivity contribution < 1.29 is 0 Å². The van der Waals surface area contributed by atoms with Gasteiger partial charge in [0.2, 0.25) is 0 Å². The van der Waals surface area contributed by atoms with Gasteiger partial charge in [-0.25, -0.2) is 0 Å². The molecule has 3 N–H and O–H groups in total. The van der Waals surface area contributed by atoms with Crippen LogP contribution in [0.4, 0.5) is 0 Å². The molecule has 0 atom stereocenters. The average molecular weight is 542 g/mol. The maximum absolute atomic E-state index is 6.65. The molecule has 0 aromatic carbocycles. The zero-order valence-corrected chi connectivity index (χ0v) is 11.8. The van der Waals surface area contributed by atoms with E-state index in [4.69, 9.17) is 11.1 Å². The van der Waals surface area contributed by atoms with E-state index in [1.54, 1.807) is 7.05 Å². The molecule has 0 saturated heterocycles. The van der Waals surface area contributed by atoms with Gasteiger partial charge in [-0.15, -0.1) is 0 Å². The molecule has 3 nitrogen and oxygen atoms in total. The maximum atomic E-state index is 6.65. The SMILES string of the molecule is CN(I)C(=N)N.[CsH].[PbH2]. The zero-order valence-electron chi connectivity index (χ0n) is 4.11. The topological polar surface area (TPSA) is 53.1 Å². The van der Waals surface area contributed by atoms with Gasteiger partial charge in [-0.05, 0) is 0 Å². The summed E-state index contributed by atoms with van der Waals surface area (Å²) in [7, 11) is 1.71. The minimum atomic E-state index is 0. The zero-order chi connectivity index (χ0) is 5.15. The Balaban J connectivity index is -0.000000125. The number of nitrogens with two attached hydrogens (primary N) is 1.